The van der Waals surface area contributed by atoms with Crippen LogP contribution in [0.5, 0.6) is 0 Å². The van der Waals surface area contributed by atoms with E-state index in [-0.39, 0.29) is 0 Å². The lowest BCUT2D eigenvalue weighted by molar-refractivity contribution is 0.187. The minimum absolute atomic E-state index is 0.676. The largest absolute Gasteiger partial charge is 0.383 e. The van der Waals surface area contributed by atoms with Gasteiger partial charge in [0, 0.05) is 19.7 Å². The molecule has 0 bridgehead atoms. The standard InChI is InChI=1S/C11H23NO/c1-10(12-8-9-13-2)11-6-4-3-5-7-11/h10-12H,3-9H2,1-2H3/t10-/m0/s1. The molecule has 2 nitrogen and oxygen atoms in total. The zero-order chi connectivity index (χ0) is 9.52. The third-order valence-corrected chi connectivity index (χ3v) is 3.13. The van der Waals surface area contributed by atoms with Gasteiger partial charge in [-0.05, 0) is 25.7 Å². The first-order valence-electron chi connectivity index (χ1n) is 5.57. The van der Waals surface area contributed by atoms with E-state index in [2.05, 4.69) is 12.2 Å². The third-order valence-electron chi connectivity index (χ3n) is 3.13. The third kappa shape index (κ3) is 4.10. The molecular formula is C11H23NO. The molecule has 1 aliphatic rings. The predicted octanol–water partition coefficient (Wildman–Crippen LogP) is 2.19. The summed E-state index contributed by atoms with van der Waals surface area (Å²) in [6.07, 6.45) is 7.14. The summed E-state index contributed by atoms with van der Waals surface area (Å²) >= 11 is 0. The van der Waals surface area contributed by atoms with Crippen molar-refractivity contribution in [3.63, 3.8) is 0 Å². The van der Waals surface area contributed by atoms with Gasteiger partial charge in [-0.15, -0.1) is 0 Å². The Kier molecular flexibility index (Phi) is 5.40. The zero-order valence-corrected chi connectivity index (χ0v) is 9.01. The second-order valence-electron chi connectivity index (χ2n) is 4.13. The molecule has 0 aliphatic heterocycles. The molecule has 1 aliphatic carbocycles. The Balaban J connectivity index is 2.09. The highest BCUT2D eigenvalue weighted by molar-refractivity contribution is 4.75. The van der Waals surface area contributed by atoms with Crippen LogP contribution in [0.4, 0.5) is 0 Å². The Morgan fingerprint density at radius 3 is 2.62 bits per heavy atom. The molecule has 1 saturated carbocycles. The molecule has 0 heterocycles. The summed E-state index contributed by atoms with van der Waals surface area (Å²) in [5, 5.41) is 3.53. The maximum Gasteiger partial charge on any atom is 0.0587 e. The van der Waals surface area contributed by atoms with E-state index in [9.17, 15) is 0 Å². The van der Waals surface area contributed by atoms with Crippen molar-refractivity contribution >= 4 is 0 Å². The van der Waals surface area contributed by atoms with Crippen molar-refractivity contribution < 1.29 is 4.74 Å². The molecule has 1 N–H and O–H groups in total. The number of hydrogen-bond donors (Lipinski definition) is 1. The molecule has 0 aromatic carbocycles. The van der Waals surface area contributed by atoms with Gasteiger partial charge in [-0.2, -0.15) is 0 Å². The van der Waals surface area contributed by atoms with Crippen molar-refractivity contribution in [2.45, 2.75) is 45.1 Å². The first-order valence-corrected chi connectivity index (χ1v) is 5.57. The van der Waals surface area contributed by atoms with Gasteiger partial charge in [0.15, 0.2) is 0 Å². The lowest BCUT2D eigenvalue weighted by Gasteiger charge is -2.28. The van der Waals surface area contributed by atoms with Gasteiger partial charge in [0.2, 0.25) is 0 Å². The van der Waals surface area contributed by atoms with Crippen LogP contribution in [0, 0.1) is 5.92 Å². The minimum Gasteiger partial charge on any atom is -0.383 e. The molecule has 0 spiro atoms. The first-order chi connectivity index (χ1) is 6.34. The number of nitrogens with one attached hydrogen (secondary N) is 1. The van der Waals surface area contributed by atoms with Crippen molar-refractivity contribution in [3.05, 3.63) is 0 Å². The fourth-order valence-electron chi connectivity index (χ4n) is 2.19. The average molecular weight is 185 g/mol. The molecule has 0 saturated heterocycles. The fourth-order valence-corrected chi connectivity index (χ4v) is 2.19. The molecule has 0 radical (unpaired) electrons. The van der Waals surface area contributed by atoms with E-state index in [1.54, 1.807) is 7.11 Å². The fraction of sp³-hybridized carbons (Fsp3) is 1.00. The van der Waals surface area contributed by atoms with Crippen LogP contribution in [0.3, 0.4) is 0 Å². The molecule has 78 valence electrons. The summed E-state index contributed by atoms with van der Waals surface area (Å²) in [5.41, 5.74) is 0. The molecule has 2 heteroatoms. The molecule has 0 aromatic rings. The average Bonchev–Trinajstić information content (AvgIpc) is 2.19. The summed E-state index contributed by atoms with van der Waals surface area (Å²) in [5.74, 6) is 0.908. The molecule has 1 atom stereocenters. The zero-order valence-electron chi connectivity index (χ0n) is 9.01. The van der Waals surface area contributed by atoms with E-state index >= 15 is 0 Å². The van der Waals surface area contributed by atoms with Gasteiger partial charge >= 0.3 is 0 Å². The topological polar surface area (TPSA) is 21.3 Å². The Morgan fingerprint density at radius 1 is 1.31 bits per heavy atom. The van der Waals surface area contributed by atoms with Gasteiger partial charge in [0.05, 0.1) is 6.61 Å². The quantitative estimate of drug-likeness (QED) is 0.663. The van der Waals surface area contributed by atoms with Crippen molar-refractivity contribution in [1.82, 2.24) is 5.32 Å². The summed E-state index contributed by atoms with van der Waals surface area (Å²) in [6, 6.07) is 0.676. The Labute approximate surface area is 82.0 Å². The SMILES string of the molecule is COCCN[C@@H](C)C1CCCCC1. The van der Waals surface area contributed by atoms with Crippen LogP contribution >= 0.6 is 0 Å². The van der Waals surface area contributed by atoms with Gasteiger partial charge in [-0.25, -0.2) is 0 Å². The molecule has 13 heavy (non-hydrogen) atoms. The van der Waals surface area contributed by atoms with Gasteiger partial charge in [0.1, 0.15) is 0 Å². The monoisotopic (exact) mass is 185 g/mol. The van der Waals surface area contributed by atoms with Gasteiger partial charge in [-0.1, -0.05) is 19.3 Å². The first kappa shape index (κ1) is 11.0. The lowest BCUT2D eigenvalue weighted by atomic mass is 9.84. The number of rotatable bonds is 5. The van der Waals surface area contributed by atoms with Crippen LogP contribution < -0.4 is 5.32 Å². The van der Waals surface area contributed by atoms with Gasteiger partial charge in [-0.3, -0.25) is 0 Å². The van der Waals surface area contributed by atoms with Crippen LogP contribution in [0.2, 0.25) is 0 Å². The summed E-state index contributed by atoms with van der Waals surface area (Å²) in [7, 11) is 1.76. The van der Waals surface area contributed by atoms with E-state index < -0.39 is 0 Å². The maximum atomic E-state index is 5.02. The van der Waals surface area contributed by atoms with Gasteiger partial charge in [0.25, 0.3) is 0 Å². The van der Waals surface area contributed by atoms with Gasteiger partial charge < -0.3 is 10.1 Å². The Hall–Kier alpha value is -0.0800. The highest BCUT2D eigenvalue weighted by Crippen LogP contribution is 2.26. The highest BCUT2D eigenvalue weighted by Gasteiger charge is 2.18. The van der Waals surface area contributed by atoms with Crippen LogP contribution in [-0.4, -0.2) is 26.3 Å². The smallest absolute Gasteiger partial charge is 0.0587 e. The molecule has 0 aromatic heterocycles. The van der Waals surface area contributed by atoms with Crippen molar-refractivity contribution in [1.29, 1.82) is 0 Å². The molecule has 0 unspecified atom stereocenters. The Morgan fingerprint density at radius 2 is 2.00 bits per heavy atom. The van der Waals surface area contributed by atoms with Crippen molar-refractivity contribution in [2.75, 3.05) is 20.3 Å². The van der Waals surface area contributed by atoms with E-state index in [1.807, 2.05) is 0 Å². The van der Waals surface area contributed by atoms with E-state index in [4.69, 9.17) is 4.74 Å². The molecule has 0 amide bonds. The van der Waals surface area contributed by atoms with E-state index in [0.717, 1.165) is 19.1 Å². The number of methoxy groups -OCH3 is 1. The van der Waals surface area contributed by atoms with Crippen molar-refractivity contribution in [2.24, 2.45) is 5.92 Å². The number of hydrogen-bond acceptors (Lipinski definition) is 2. The minimum atomic E-state index is 0.676. The predicted molar refractivity (Wildman–Crippen MR) is 55.9 cm³/mol. The van der Waals surface area contributed by atoms with Crippen LogP contribution in [0.1, 0.15) is 39.0 Å². The van der Waals surface area contributed by atoms with E-state index in [0.29, 0.717) is 6.04 Å². The normalized spacial score (nSPS) is 21.7. The lowest BCUT2D eigenvalue weighted by Crippen LogP contribution is -2.36. The summed E-state index contributed by atoms with van der Waals surface area (Å²) in [4.78, 5) is 0. The highest BCUT2D eigenvalue weighted by atomic mass is 16.5. The molecule has 1 rings (SSSR count). The second kappa shape index (κ2) is 6.39. The van der Waals surface area contributed by atoms with Crippen molar-refractivity contribution in [3.8, 4) is 0 Å². The molecule has 1 fully saturated rings. The molecular weight excluding hydrogens is 162 g/mol. The van der Waals surface area contributed by atoms with E-state index in [1.165, 1.54) is 32.1 Å². The summed E-state index contributed by atoms with van der Waals surface area (Å²) in [6.45, 7) is 4.14. The van der Waals surface area contributed by atoms with Crippen LogP contribution in [-0.2, 0) is 4.74 Å². The van der Waals surface area contributed by atoms with Crippen LogP contribution in [0.25, 0.3) is 0 Å². The number of ether oxygens (including phenoxy) is 1. The second-order valence-corrected chi connectivity index (χ2v) is 4.13. The maximum absolute atomic E-state index is 5.02. The Bertz CT molecular complexity index is 121. The summed E-state index contributed by atoms with van der Waals surface area (Å²) < 4.78 is 5.02. The van der Waals surface area contributed by atoms with Crippen LogP contribution in [0.15, 0.2) is 0 Å².